The zero-order chi connectivity index (χ0) is 23.3. The number of methoxy groups -OCH3 is 1. The summed E-state index contributed by atoms with van der Waals surface area (Å²) < 4.78 is 10.9. The van der Waals surface area contributed by atoms with Crippen LogP contribution >= 0.6 is 11.6 Å². The van der Waals surface area contributed by atoms with Gasteiger partial charge < -0.3 is 19.5 Å². The number of ether oxygens (including phenoxy) is 2. The molecule has 0 aromatic heterocycles. The summed E-state index contributed by atoms with van der Waals surface area (Å²) in [6.45, 7) is 4.72. The number of carbonyl (C=O) groups excluding carboxylic acids is 2. The van der Waals surface area contributed by atoms with E-state index < -0.39 is 17.7 Å². The molecule has 1 amide bonds. The Morgan fingerprint density at radius 1 is 1.12 bits per heavy atom. The molecule has 7 heteroatoms. The van der Waals surface area contributed by atoms with E-state index in [2.05, 4.69) is 6.92 Å². The van der Waals surface area contributed by atoms with Gasteiger partial charge in [0.15, 0.2) is 0 Å². The van der Waals surface area contributed by atoms with Crippen LogP contribution in [0.4, 0.5) is 0 Å². The Labute approximate surface area is 193 Å². The molecular weight excluding hydrogens is 430 g/mol. The second-order valence-electron chi connectivity index (χ2n) is 7.55. The van der Waals surface area contributed by atoms with Gasteiger partial charge >= 0.3 is 0 Å². The summed E-state index contributed by atoms with van der Waals surface area (Å²) in [5.74, 6) is -0.582. The number of Topliss-reactive ketones (excluding diaryl/α,β-unsaturated/α-hetero) is 1. The Bertz CT molecular complexity index is 1030. The molecule has 170 valence electrons. The molecule has 32 heavy (non-hydrogen) atoms. The van der Waals surface area contributed by atoms with Crippen molar-refractivity contribution in [3.8, 4) is 11.5 Å². The van der Waals surface area contributed by atoms with Crippen molar-refractivity contribution < 1.29 is 24.2 Å². The Morgan fingerprint density at radius 3 is 2.59 bits per heavy atom. The van der Waals surface area contributed by atoms with Crippen molar-refractivity contribution in [3.63, 3.8) is 0 Å². The molecule has 3 rings (SSSR count). The zero-order valence-corrected chi connectivity index (χ0v) is 19.3. The third-order valence-electron chi connectivity index (χ3n) is 5.46. The van der Waals surface area contributed by atoms with Crippen molar-refractivity contribution >= 4 is 29.1 Å². The van der Waals surface area contributed by atoms with Crippen molar-refractivity contribution in [2.45, 2.75) is 39.2 Å². The quantitative estimate of drug-likeness (QED) is 0.237. The minimum atomic E-state index is -0.715. The molecule has 2 aromatic carbocycles. The number of rotatable bonds is 9. The first-order valence-electron chi connectivity index (χ1n) is 10.8. The molecular formula is C25H28ClNO5. The SMILES string of the molecule is CCCCCN1C(=O)C(=O)/C(=C(\O)c2ccc(Cl)c(OCC)c2)C1c1cccc(OC)c1. The highest BCUT2D eigenvalue weighted by Crippen LogP contribution is 2.41. The smallest absolute Gasteiger partial charge is 0.295 e. The van der Waals surface area contributed by atoms with Gasteiger partial charge in [-0.15, -0.1) is 0 Å². The van der Waals surface area contributed by atoms with Crippen molar-refractivity contribution in [2.24, 2.45) is 0 Å². The number of halogens is 1. The number of nitrogens with zero attached hydrogens (tertiary/aromatic N) is 1. The minimum Gasteiger partial charge on any atom is -0.507 e. The average Bonchev–Trinajstić information content (AvgIpc) is 3.05. The third-order valence-corrected chi connectivity index (χ3v) is 5.77. The van der Waals surface area contributed by atoms with Gasteiger partial charge in [-0.1, -0.05) is 43.5 Å². The fourth-order valence-electron chi connectivity index (χ4n) is 3.87. The molecule has 2 aromatic rings. The van der Waals surface area contributed by atoms with Crippen LogP contribution in [0.15, 0.2) is 48.0 Å². The van der Waals surface area contributed by atoms with Crippen LogP contribution in [0.3, 0.4) is 0 Å². The van der Waals surface area contributed by atoms with E-state index in [1.165, 1.54) is 4.90 Å². The van der Waals surface area contributed by atoms with Gasteiger partial charge in [0.25, 0.3) is 11.7 Å². The van der Waals surface area contributed by atoms with E-state index in [0.717, 1.165) is 19.3 Å². The monoisotopic (exact) mass is 457 g/mol. The van der Waals surface area contributed by atoms with Crippen LogP contribution in [-0.2, 0) is 9.59 Å². The molecule has 1 atom stereocenters. The van der Waals surface area contributed by atoms with Crippen LogP contribution in [-0.4, -0.2) is 42.0 Å². The number of carbonyl (C=O) groups is 2. The Hall–Kier alpha value is -2.99. The fraction of sp³-hybridized carbons (Fsp3) is 0.360. The van der Waals surface area contributed by atoms with Crippen LogP contribution in [0, 0.1) is 0 Å². The summed E-state index contributed by atoms with van der Waals surface area (Å²) in [4.78, 5) is 27.6. The molecule has 0 bridgehead atoms. The number of aliphatic hydroxyl groups is 1. The van der Waals surface area contributed by atoms with E-state index >= 15 is 0 Å². The molecule has 0 radical (unpaired) electrons. The molecule has 1 N–H and O–H groups in total. The Morgan fingerprint density at radius 2 is 1.91 bits per heavy atom. The first-order chi connectivity index (χ1) is 15.4. The number of hydrogen-bond acceptors (Lipinski definition) is 5. The molecule has 0 spiro atoms. The summed E-state index contributed by atoms with van der Waals surface area (Å²) in [6.07, 6.45) is 2.68. The van der Waals surface area contributed by atoms with E-state index in [0.29, 0.717) is 40.8 Å². The number of ketones is 1. The summed E-state index contributed by atoms with van der Waals surface area (Å²) >= 11 is 6.18. The van der Waals surface area contributed by atoms with E-state index in [1.807, 2.05) is 13.0 Å². The lowest BCUT2D eigenvalue weighted by molar-refractivity contribution is -0.139. The molecule has 1 unspecified atom stereocenters. The van der Waals surface area contributed by atoms with Gasteiger partial charge in [0.05, 0.1) is 30.4 Å². The molecule has 1 heterocycles. The Kier molecular flexibility index (Phi) is 7.80. The number of hydrogen-bond donors (Lipinski definition) is 1. The average molecular weight is 458 g/mol. The Balaban J connectivity index is 2.14. The third kappa shape index (κ3) is 4.75. The highest BCUT2D eigenvalue weighted by Gasteiger charge is 2.45. The van der Waals surface area contributed by atoms with E-state index in [-0.39, 0.29) is 11.3 Å². The lowest BCUT2D eigenvalue weighted by atomic mass is 9.95. The van der Waals surface area contributed by atoms with E-state index in [4.69, 9.17) is 21.1 Å². The van der Waals surface area contributed by atoms with Gasteiger partial charge in [-0.05, 0) is 49.2 Å². The predicted molar refractivity (Wildman–Crippen MR) is 124 cm³/mol. The first kappa shape index (κ1) is 23.7. The number of amides is 1. The van der Waals surface area contributed by atoms with E-state index in [9.17, 15) is 14.7 Å². The van der Waals surface area contributed by atoms with Gasteiger partial charge in [-0.2, -0.15) is 0 Å². The standard InChI is InChI=1S/C25H28ClNO5/c1-4-6-7-13-27-22(16-9-8-10-18(14-16)31-3)21(24(29)25(27)30)23(28)17-11-12-19(26)20(15-17)32-5-2/h8-12,14-15,22,28H,4-7,13H2,1-3H3/b23-21-. The highest BCUT2D eigenvalue weighted by molar-refractivity contribution is 6.46. The maximum Gasteiger partial charge on any atom is 0.295 e. The van der Waals surface area contributed by atoms with Gasteiger partial charge in [0, 0.05) is 12.1 Å². The summed E-state index contributed by atoms with van der Waals surface area (Å²) in [7, 11) is 1.56. The van der Waals surface area contributed by atoms with Gasteiger partial charge in [-0.3, -0.25) is 9.59 Å². The van der Waals surface area contributed by atoms with E-state index in [1.54, 1.807) is 43.5 Å². The normalized spacial score (nSPS) is 17.6. The van der Waals surface area contributed by atoms with Crippen LogP contribution in [0.25, 0.3) is 5.76 Å². The van der Waals surface area contributed by atoms with Crippen molar-refractivity contribution in [1.82, 2.24) is 4.90 Å². The number of likely N-dealkylation sites (tertiary alicyclic amines) is 1. The first-order valence-corrected chi connectivity index (χ1v) is 11.2. The van der Waals surface area contributed by atoms with Crippen molar-refractivity contribution in [2.75, 3.05) is 20.3 Å². The fourth-order valence-corrected chi connectivity index (χ4v) is 4.05. The van der Waals surface area contributed by atoms with Crippen molar-refractivity contribution in [3.05, 3.63) is 64.2 Å². The molecule has 1 fully saturated rings. The second kappa shape index (κ2) is 10.6. The molecule has 1 aliphatic rings. The number of aliphatic hydroxyl groups excluding tert-OH is 1. The van der Waals surface area contributed by atoms with Gasteiger partial charge in [-0.25, -0.2) is 0 Å². The van der Waals surface area contributed by atoms with Crippen LogP contribution in [0.2, 0.25) is 5.02 Å². The zero-order valence-electron chi connectivity index (χ0n) is 18.6. The molecule has 0 aliphatic carbocycles. The van der Waals surface area contributed by atoms with Crippen LogP contribution in [0.1, 0.15) is 50.3 Å². The van der Waals surface area contributed by atoms with Gasteiger partial charge in [0.1, 0.15) is 17.3 Å². The molecule has 1 saturated heterocycles. The van der Waals surface area contributed by atoms with Crippen LogP contribution < -0.4 is 9.47 Å². The number of unbranched alkanes of at least 4 members (excludes halogenated alkanes) is 2. The largest absolute Gasteiger partial charge is 0.507 e. The maximum absolute atomic E-state index is 13.1. The summed E-state index contributed by atoms with van der Waals surface area (Å²) in [6, 6.07) is 11.3. The highest BCUT2D eigenvalue weighted by atomic mass is 35.5. The molecule has 0 saturated carbocycles. The lowest BCUT2D eigenvalue weighted by Gasteiger charge is -2.25. The topological polar surface area (TPSA) is 76.1 Å². The summed E-state index contributed by atoms with van der Waals surface area (Å²) in [5, 5.41) is 11.6. The lowest BCUT2D eigenvalue weighted by Crippen LogP contribution is -2.30. The maximum atomic E-state index is 13.1. The second-order valence-corrected chi connectivity index (χ2v) is 7.96. The van der Waals surface area contributed by atoms with Crippen molar-refractivity contribution in [1.29, 1.82) is 0 Å². The number of benzene rings is 2. The van der Waals surface area contributed by atoms with Gasteiger partial charge in [0.2, 0.25) is 0 Å². The summed E-state index contributed by atoms with van der Waals surface area (Å²) in [5.41, 5.74) is 1.10. The molecule has 6 nitrogen and oxygen atoms in total. The molecule has 1 aliphatic heterocycles. The minimum absolute atomic E-state index is 0.0459. The predicted octanol–water partition coefficient (Wildman–Crippen LogP) is 5.36. The van der Waals surface area contributed by atoms with Crippen LogP contribution in [0.5, 0.6) is 11.5 Å².